The Hall–Kier alpha value is -2.80. The summed E-state index contributed by atoms with van der Waals surface area (Å²) < 4.78 is 20.5. The second kappa shape index (κ2) is 6.98. The Morgan fingerprint density at radius 1 is 1.14 bits per heavy atom. The van der Waals surface area contributed by atoms with Crippen molar-refractivity contribution in [2.45, 2.75) is 50.0 Å². The fraction of sp³-hybridized carbons (Fsp3) is 0.381. The van der Waals surface area contributed by atoms with Gasteiger partial charge in [0, 0.05) is 47.8 Å². The predicted molar refractivity (Wildman–Crippen MR) is 103 cm³/mol. The highest BCUT2D eigenvalue weighted by atomic mass is 19.1. The first kappa shape index (κ1) is 17.3. The lowest BCUT2D eigenvalue weighted by atomic mass is 9.84. The molecule has 4 atom stereocenters. The summed E-state index contributed by atoms with van der Waals surface area (Å²) in [7, 11) is 0. The highest BCUT2D eigenvalue weighted by Gasteiger charge is 2.41. The van der Waals surface area contributed by atoms with E-state index in [9.17, 15) is 9.50 Å². The number of aromatic nitrogens is 3. The lowest BCUT2D eigenvalue weighted by Crippen LogP contribution is -2.59. The number of phenolic OH excluding ortho intramolecular Hbond substituents is 1. The Bertz CT molecular complexity index is 997. The van der Waals surface area contributed by atoms with E-state index in [2.05, 4.69) is 20.5 Å². The van der Waals surface area contributed by atoms with Crippen LogP contribution in [0.25, 0.3) is 22.2 Å². The first-order valence-corrected chi connectivity index (χ1v) is 9.66. The molecule has 2 aliphatic heterocycles. The zero-order valence-electron chi connectivity index (χ0n) is 15.3. The largest absolute Gasteiger partial charge is 0.507 e. The third kappa shape index (κ3) is 3.16. The van der Waals surface area contributed by atoms with E-state index in [1.807, 2.05) is 18.2 Å². The van der Waals surface area contributed by atoms with Gasteiger partial charge in [0.15, 0.2) is 6.17 Å². The third-order valence-corrected chi connectivity index (χ3v) is 5.68. The fourth-order valence-electron chi connectivity index (χ4n) is 4.27. The minimum absolute atomic E-state index is 0.0872. The molecule has 2 unspecified atom stereocenters. The minimum atomic E-state index is -1.05. The maximum Gasteiger partial charge on any atom is 0.233 e. The standard InChI is InChI=1S/C21H21FN4O2/c22-21-16-5-1-4-13(24-16)10-19(21)28-20-7-6-15(25-26-20)14-9-12-3-2-8-23-17(12)11-18(14)27/h2-3,6-9,11,13,16,19,21,24,27H,1,4-5,10H2/t13?,16?,19-,21+/m1/s1. The van der Waals surface area contributed by atoms with Crippen molar-refractivity contribution >= 4 is 10.9 Å². The van der Waals surface area contributed by atoms with Gasteiger partial charge in [0.05, 0.1) is 11.2 Å². The number of alkyl halides is 1. The summed E-state index contributed by atoms with van der Waals surface area (Å²) in [5, 5.41) is 22.9. The van der Waals surface area contributed by atoms with E-state index in [0.29, 0.717) is 35.1 Å². The van der Waals surface area contributed by atoms with Gasteiger partial charge in [-0.25, -0.2) is 4.39 Å². The molecule has 6 nitrogen and oxygen atoms in total. The topological polar surface area (TPSA) is 80.2 Å². The lowest BCUT2D eigenvalue weighted by molar-refractivity contribution is 0.00652. The van der Waals surface area contributed by atoms with Gasteiger partial charge < -0.3 is 15.2 Å². The average molecular weight is 380 g/mol. The third-order valence-electron chi connectivity index (χ3n) is 5.68. The molecule has 28 heavy (non-hydrogen) atoms. The Morgan fingerprint density at radius 3 is 2.93 bits per heavy atom. The van der Waals surface area contributed by atoms with Crippen LogP contribution in [0, 0.1) is 0 Å². The molecule has 7 heteroatoms. The first-order chi connectivity index (χ1) is 13.7. The number of nitrogens with one attached hydrogen (secondary N) is 1. The smallest absolute Gasteiger partial charge is 0.233 e. The normalized spacial score (nSPS) is 26.9. The van der Waals surface area contributed by atoms with Crippen molar-refractivity contribution in [3.05, 3.63) is 42.6 Å². The van der Waals surface area contributed by atoms with E-state index >= 15 is 0 Å². The van der Waals surface area contributed by atoms with Crippen molar-refractivity contribution in [2.24, 2.45) is 0 Å². The lowest BCUT2D eigenvalue weighted by Gasteiger charge is -2.42. The van der Waals surface area contributed by atoms with E-state index in [-0.39, 0.29) is 11.8 Å². The second-order valence-electron chi connectivity index (χ2n) is 7.56. The molecule has 2 fully saturated rings. The first-order valence-electron chi connectivity index (χ1n) is 9.66. The van der Waals surface area contributed by atoms with Gasteiger partial charge in [-0.05, 0) is 31.0 Å². The van der Waals surface area contributed by atoms with Crippen LogP contribution in [0.1, 0.15) is 25.7 Å². The number of pyridine rings is 1. The molecule has 5 rings (SSSR count). The summed E-state index contributed by atoms with van der Waals surface area (Å²) >= 11 is 0. The number of piperidine rings is 2. The molecule has 0 radical (unpaired) electrons. The highest BCUT2D eigenvalue weighted by Crippen LogP contribution is 2.33. The fourth-order valence-corrected chi connectivity index (χ4v) is 4.27. The van der Waals surface area contributed by atoms with Gasteiger partial charge in [-0.1, -0.05) is 12.5 Å². The summed E-state index contributed by atoms with van der Waals surface area (Å²) in [5.74, 6) is 0.391. The number of ether oxygens (including phenoxy) is 1. The van der Waals surface area contributed by atoms with Gasteiger partial charge in [0.1, 0.15) is 11.9 Å². The predicted octanol–water partition coefficient (Wildman–Crippen LogP) is 3.40. The molecule has 0 saturated carbocycles. The SMILES string of the molecule is Oc1cc2ncccc2cc1-c1ccc(O[C@@H]2CC3CCCC(N3)[C@@H]2F)nn1. The summed E-state index contributed by atoms with van der Waals surface area (Å²) in [6, 6.07) is 10.8. The Morgan fingerprint density at radius 2 is 2.07 bits per heavy atom. The van der Waals surface area contributed by atoms with Crippen LogP contribution in [0.3, 0.4) is 0 Å². The summed E-state index contributed by atoms with van der Waals surface area (Å²) in [4.78, 5) is 4.23. The van der Waals surface area contributed by atoms with E-state index in [1.54, 1.807) is 24.4 Å². The van der Waals surface area contributed by atoms with Gasteiger partial charge in [-0.2, -0.15) is 0 Å². The van der Waals surface area contributed by atoms with E-state index in [4.69, 9.17) is 4.74 Å². The quantitative estimate of drug-likeness (QED) is 0.725. The summed E-state index contributed by atoms with van der Waals surface area (Å²) in [6.07, 6.45) is 3.74. The monoisotopic (exact) mass is 380 g/mol. The molecule has 0 aliphatic carbocycles. The Balaban J connectivity index is 1.37. The molecule has 2 aromatic heterocycles. The maximum absolute atomic E-state index is 14.7. The van der Waals surface area contributed by atoms with Crippen LogP contribution in [0.15, 0.2) is 42.6 Å². The average Bonchev–Trinajstić information content (AvgIpc) is 2.72. The van der Waals surface area contributed by atoms with Crippen LogP contribution in [0.5, 0.6) is 11.6 Å². The van der Waals surface area contributed by atoms with Crippen LogP contribution >= 0.6 is 0 Å². The van der Waals surface area contributed by atoms with Crippen LogP contribution in [0.4, 0.5) is 4.39 Å². The molecule has 144 valence electrons. The molecule has 2 bridgehead atoms. The number of aromatic hydroxyl groups is 1. The van der Waals surface area contributed by atoms with Crippen molar-refractivity contribution in [3.8, 4) is 22.9 Å². The molecule has 2 saturated heterocycles. The molecule has 4 heterocycles. The Kier molecular flexibility index (Phi) is 4.31. The van der Waals surface area contributed by atoms with Gasteiger partial charge in [-0.15, -0.1) is 10.2 Å². The number of fused-ring (bicyclic) bond motifs is 3. The Labute approximate surface area is 161 Å². The number of phenols is 1. The van der Waals surface area contributed by atoms with Gasteiger partial charge in [0.25, 0.3) is 0 Å². The molecule has 1 aromatic carbocycles. The number of hydrogen-bond acceptors (Lipinski definition) is 6. The highest BCUT2D eigenvalue weighted by molar-refractivity contribution is 5.87. The zero-order valence-corrected chi connectivity index (χ0v) is 15.3. The molecular formula is C21H21FN4O2. The summed E-state index contributed by atoms with van der Waals surface area (Å²) in [6.45, 7) is 0. The number of hydrogen-bond donors (Lipinski definition) is 2. The van der Waals surface area contributed by atoms with Gasteiger partial charge >= 0.3 is 0 Å². The van der Waals surface area contributed by atoms with Crippen LogP contribution < -0.4 is 10.1 Å². The molecular weight excluding hydrogens is 359 g/mol. The second-order valence-corrected chi connectivity index (χ2v) is 7.56. The van der Waals surface area contributed by atoms with Crippen molar-refractivity contribution in [3.63, 3.8) is 0 Å². The number of benzene rings is 1. The van der Waals surface area contributed by atoms with E-state index in [0.717, 1.165) is 24.6 Å². The molecule has 2 N–H and O–H groups in total. The van der Waals surface area contributed by atoms with E-state index in [1.165, 1.54) is 0 Å². The molecule has 0 spiro atoms. The van der Waals surface area contributed by atoms with Crippen LogP contribution in [0.2, 0.25) is 0 Å². The summed E-state index contributed by atoms with van der Waals surface area (Å²) in [5.41, 5.74) is 1.80. The maximum atomic E-state index is 14.7. The van der Waals surface area contributed by atoms with E-state index < -0.39 is 12.3 Å². The number of halogens is 1. The van der Waals surface area contributed by atoms with Gasteiger partial charge in [0.2, 0.25) is 5.88 Å². The van der Waals surface area contributed by atoms with Crippen LogP contribution in [-0.4, -0.2) is 44.6 Å². The molecule has 3 aromatic rings. The van der Waals surface area contributed by atoms with Crippen molar-refractivity contribution in [1.29, 1.82) is 0 Å². The van der Waals surface area contributed by atoms with Crippen molar-refractivity contribution in [2.75, 3.05) is 0 Å². The number of nitrogens with zero attached hydrogens (tertiary/aromatic N) is 3. The molecule has 0 amide bonds. The minimum Gasteiger partial charge on any atom is -0.507 e. The van der Waals surface area contributed by atoms with Crippen molar-refractivity contribution in [1.82, 2.24) is 20.5 Å². The number of rotatable bonds is 3. The van der Waals surface area contributed by atoms with Crippen LogP contribution in [-0.2, 0) is 0 Å². The molecule has 2 aliphatic rings. The van der Waals surface area contributed by atoms with Crippen molar-refractivity contribution < 1.29 is 14.2 Å². The van der Waals surface area contributed by atoms with Gasteiger partial charge in [-0.3, -0.25) is 4.98 Å². The zero-order chi connectivity index (χ0) is 19.1.